The molecule has 0 atom stereocenters. The number of allylic oxidation sites excluding steroid dienone is 2. The zero-order valence-electron chi connectivity index (χ0n) is 5.15. The van der Waals surface area contributed by atoms with Gasteiger partial charge in [-0.05, 0) is 16.9 Å². The van der Waals surface area contributed by atoms with Crippen LogP contribution in [0.15, 0.2) is 34.6 Å². The maximum absolute atomic E-state index is 10.3. The molecule has 0 unspecified atom stereocenters. The molecule has 0 saturated heterocycles. The smallest absolute Gasteiger partial charge is 0.336 e. The van der Waals surface area contributed by atoms with E-state index >= 15 is 0 Å². The number of carbonyl (C=O) groups is 1. The third-order valence-electron chi connectivity index (χ3n) is 0.986. The molecule has 0 radical (unpaired) electrons. The van der Waals surface area contributed by atoms with Gasteiger partial charge >= 0.3 is 5.97 Å². The molecule has 0 aromatic heterocycles. The largest absolute Gasteiger partial charge is 0.478 e. The topological polar surface area (TPSA) is 37.3 Å². The second-order valence-corrected chi connectivity index (χ2v) is 2.48. The minimum absolute atomic E-state index is 0.329. The van der Waals surface area contributed by atoms with Crippen molar-refractivity contribution in [1.82, 2.24) is 0 Å². The van der Waals surface area contributed by atoms with Gasteiger partial charge in [0.15, 0.2) is 0 Å². The Hall–Kier alpha value is -0.960. The van der Waals surface area contributed by atoms with Crippen LogP contribution in [0, 0.1) is 0 Å². The van der Waals surface area contributed by atoms with E-state index in [1.165, 1.54) is 11.8 Å². The van der Waals surface area contributed by atoms with Gasteiger partial charge in [0.25, 0.3) is 0 Å². The van der Waals surface area contributed by atoms with E-state index in [2.05, 4.69) is 0 Å². The van der Waals surface area contributed by atoms with E-state index in [-0.39, 0.29) is 0 Å². The zero-order valence-corrected chi connectivity index (χ0v) is 5.97. The van der Waals surface area contributed by atoms with Crippen LogP contribution >= 0.6 is 11.8 Å². The molecule has 1 heterocycles. The van der Waals surface area contributed by atoms with E-state index in [0.717, 1.165) is 0 Å². The quantitative estimate of drug-likeness (QED) is 0.625. The van der Waals surface area contributed by atoms with Crippen LogP contribution < -0.4 is 0 Å². The van der Waals surface area contributed by atoms with Crippen LogP contribution in [-0.4, -0.2) is 11.1 Å². The Bertz CT molecular complexity index is 226. The highest BCUT2D eigenvalue weighted by atomic mass is 32.2. The highest BCUT2D eigenvalue weighted by Gasteiger charge is 2.01. The molecule has 1 rings (SSSR count). The lowest BCUT2D eigenvalue weighted by molar-refractivity contribution is -0.132. The number of carboxylic acid groups (broad SMARTS) is 1. The minimum Gasteiger partial charge on any atom is -0.478 e. The Morgan fingerprint density at radius 1 is 1.50 bits per heavy atom. The summed E-state index contributed by atoms with van der Waals surface area (Å²) in [6, 6.07) is 0. The maximum Gasteiger partial charge on any atom is 0.336 e. The summed E-state index contributed by atoms with van der Waals surface area (Å²) in [6.07, 6.45) is 5.08. The van der Waals surface area contributed by atoms with Gasteiger partial charge in [0, 0.05) is 0 Å². The fraction of sp³-hybridized carbons (Fsp3) is 0. The number of hydrogen-bond donors (Lipinski definition) is 1. The highest BCUT2D eigenvalue weighted by Crippen LogP contribution is 2.13. The third-order valence-corrected chi connectivity index (χ3v) is 1.69. The third kappa shape index (κ3) is 1.77. The van der Waals surface area contributed by atoms with E-state index in [9.17, 15) is 4.79 Å². The van der Waals surface area contributed by atoms with Crippen molar-refractivity contribution in [3.05, 3.63) is 34.6 Å². The molecule has 1 N–H and O–H groups in total. The van der Waals surface area contributed by atoms with E-state index in [0.29, 0.717) is 5.57 Å². The molecule has 0 aromatic rings. The van der Waals surface area contributed by atoms with Gasteiger partial charge in [-0.2, -0.15) is 0 Å². The summed E-state index contributed by atoms with van der Waals surface area (Å²) in [4.78, 5) is 10.3. The lowest BCUT2D eigenvalue weighted by atomic mass is 10.3. The van der Waals surface area contributed by atoms with Crippen molar-refractivity contribution in [3.63, 3.8) is 0 Å². The lowest BCUT2D eigenvalue weighted by Gasteiger charge is -1.88. The SMILES string of the molecule is O=C(O)C1=CSC=CC=C1. The van der Waals surface area contributed by atoms with Crippen LogP contribution in [0.4, 0.5) is 0 Å². The molecule has 0 aliphatic carbocycles. The maximum atomic E-state index is 10.3. The van der Waals surface area contributed by atoms with Crippen LogP contribution in [0.2, 0.25) is 0 Å². The summed E-state index contributed by atoms with van der Waals surface area (Å²) in [5.41, 5.74) is 0.329. The monoisotopic (exact) mass is 154 g/mol. The summed E-state index contributed by atoms with van der Waals surface area (Å²) >= 11 is 1.37. The van der Waals surface area contributed by atoms with Gasteiger partial charge in [-0.15, -0.1) is 11.8 Å². The lowest BCUT2D eigenvalue weighted by Crippen LogP contribution is -1.95. The fourth-order valence-electron chi connectivity index (χ4n) is 0.524. The average Bonchev–Trinajstić information content (AvgIpc) is 2.12. The Labute approximate surface area is 62.9 Å². The average molecular weight is 154 g/mol. The summed E-state index contributed by atoms with van der Waals surface area (Å²) in [5.74, 6) is -0.882. The summed E-state index contributed by atoms with van der Waals surface area (Å²) in [6.45, 7) is 0. The van der Waals surface area contributed by atoms with Crippen molar-refractivity contribution in [2.75, 3.05) is 0 Å². The molecule has 0 aromatic carbocycles. The minimum atomic E-state index is -0.882. The molecule has 0 bridgehead atoms. The summed E-state index contributed by atoms with van der Waals surface area (Å²) < 4.78 is 0. The van der Waals surface area contributed by atoms with Crippen molar-refractivity contribution in [3.8, 4) is 0 Å². The number of aliphatic carboxylic acids is 1. The first kappa shape index (κ1) is 7.15. The van der Waals surface area contributed by atoms with Crippen LogP contribution in [0.25, 0.3) is 0 Å². The van der Waals surface area contributed by atoms with Crippen LogP contribution in [0.1, 0.15) is 0 Å². The molecule has 0 amide bonds. The van der Waals surface area contributed by atoms with Gasteiger partial charge < -0.3 is 5.11 Å². The molecule has 1 aliphatic heterocycles. The van der Waals surface area contributed by atoms with Crippen molar-refractivity contribution in [2.45, 2.75) is 0 Å². The fourth-order valence-corrected chi connectivity index (χ4v) is 1.11. The summed E-state index contributed by atoms with van der Waals surface area (Å²) in [7, 11) is 0. The first-order chi connectivity index (χ1) is 4.80. The molecule has 2 nitrogen and oxygen atoms in total. The van der Waals surface area contributed by atoms with Gasteiger partial charge in [0.05, 0.1) is 5.57 Å². The normalized spacial score (nSPS) is 16.2. The predicted molar refractivity (Wildman–Crippen MR) is 41.6 cm³/mol. The van der Waals surface area contributed by atoms with Crippen molar-refractivity contribution in [1.29, 1.82) is 0 Å². The van der Waals surface area contributed by atoms with Crippen molar-refractivity contribution in [2.24, 2.45) is 0 Å². The highest BCUT2D eigenvalue weighted by molar-refractivity contribution is 8.04. The number of rotatable bonds is 1. The molecule has 0 saturated carbocycles. The van der Waals surface area contributed by atoms with Gasteiger partial charge in [-0.1, -0.05) is 12.2 Å². The standard InChI is InChI=1S/C7H6O2S/c8-7(9)6-3-1-2-4-10-5-6/h1-5H,(H,8,9). The van der Waals surface area contributed by atoms with E-state index < -0.39 is 5.97 Å². The Balaban J connectivity index is 2.78. The zero-order chi connectivity index (χ0) is 7.40. The van der Waals surface area contributed by atoms with Crippen LogP contribution in [0.3, 0.4) is 0 Å². The molecule has 52 valence electrons. The van der Waals surface area contributed by atoms with E-state index in [1.54, 1.807) is 23.6 Å². The van der Waals surface area contributed by atoms with Gasteiger partial charge in [0.2, 0.25) is 0 Å². The van der Waals surface area contributed by atoms with Gasteiger partial charge in [0.1, 0.15) is 0 Å². The first-order valence-corrected chi connectivity index (χ1v) is 3.67. The van der Waals surface area contributed by atoms with Gasteiger partial charge in [-0.25, -0.2) is 4.79 Å². The molecular formula is C7H6O2S. The van der Waals surface area contributed by atoms with Crippen molar-refractivity contribution >= 4 is 17.7 Å². The number of carboxylic acids is 1. The number of thioether (sulfide) groups is 1. The van der Waals surface area contributed by atoms with Gasteiger partial charge in [-0.3, -0.25) is 0 Å². The van der Waals surface area contributed by atoms with E-state index in [1.807, 2.05) is 5.41 Å². The number of hydrogen-bond acceptors (Lipinski definition) is 2. The van der Waals surface area contributed by atoms with Crippen LogP contribution in [0.5, 0.6) is 0 Å². The van der Waals surface area contributed by atoms with Crippen LogP contribution in [-0.2, 0) is 4.79 Å². The Morgan fingerprint density at radius 2 is 2.30 bits per heavy atom. The molecule has 0 spiro atoms. The molecule has 3 heteroatoms. The first-order valence-electron chi connectivity index (χ1n) is 2.73. The Morgan fingerprint density at radius 3 is 3.00 bits per heavy atom. The Kier molecular flexibility index (Phi) is 2.34. The second kappa shape index (κ2) is 3.27. The molecular weight excluding hydrogens is 148 g/mol. The van der Waals surface area contributed by atoms with E-state index in [4.69, 9.17) is 5.11 Å². The molecule has 1 aliphatic rings. The summed E-state index contributed by atoms with van der Waals surface area (Å²) in [5, 5.41) is 11.9. The predicted octanol–water partition coefficient (Wildman–Crippen LogP) is 1.77. The molecule has 10 heavy (non-hydrogen) atoms. The molecule has 0 fully saturated rings. The van der Waals surface area contributed by atoms with Crippen molar-refractivity contribution < 1.29 is 9.90 Å². The second-order valence-electron chi connectivity index (χ2n) is 1.70.